The summed E-state index contributed by atoms with van der Waals surface area (Å²) in [6.45, 7) is 1.93. The highest BCUT2D eigenvalue weighted by molar-refractivity contribution is 6.30. The van der Waals surface area contributed by atoms with Crippen LogP contribution in [0.25, 0.3) is 0 Å². The van der Waals surface area contributed by atoms with Crippen LogP contribution in [0.5, 0.6) is 0 Å². The summed E-state index contributed by atoms with van der Waals surface area (Å²) in [6.07, 6.45) is 4.31. The molecule has 2 aromatic rings. The summed E-state index contributed by atoms with van der Waals surface area (Å²) in [4.78, 5) is 14.5. The average Bonchev–Trinajstić information content (AvgIpc) is 3.14. The first kappa shape index (κ1) is 16.1. The first-order valence-corrected chi connectivity index (χ1v) is 8.38. The van der Waals surface area contributed by atoms with Gasteiger partial charge in [-0.2, -0.15) is 0 Å². The van der Waals surface area contributed by atoms with Gasteiger partial charge in [0.1, 0.15) is 0 Å². The molecule has 1 N–H and O–H groups in total. The maximum absolute atomic E-state index is 12.3. The molecule has 4 nitrogen and oxygen atoms in total. The molecule has 1 amide bonds. The summed E-state index contributed by atoms with van der Waals surface area (Å²) in [5, 5.41) is 3.68. The third kappa shape index (κ3) is 3.95. The van der Waals surface area contributed by atoms with Crippen LogP contribution in [0, 0.1) is 0 Å². The van der Waals surface area contributed by atoms with Crippen molar-refractivity contribution in [2.75, 3.05) is 13.1 Å². The van der Waals surface area contributed by atoms with E-state index < -0.39 is 0 Å². The fourth-order valence-electron chi connectivity index (χ4n) is 3.26. The molecule has 0 aliphatic carbocycles. The van der Waals surface area contributed by atoms with Gasteiger partial charge < -0.3 is 9.88 Å². The molecule has 0 spiro atoms. The van der Waals surface area contributed by atoms with Crippen molar-refractivity contribution in [1.29, 1.82) is 0 Å². The Morgan fingerprint density at radius 1 is 1.35 bits per heavy atom. The molecule has 0 bridgehead atoms. The second-order valence-electron chi connectivity index (χ2n) is 6.08. The highest BCUT2D eigenvalue weighted by Crippen LogP contribution is 2.31. The van der Waals surface area contributed by atoms with E-state index >= 15 is 0 Å². The van der Waals surface area contributed by atoms with Crippen molar-refractivity contribution in [3.63, 3.8) is 0 Å². The third-order valence-electron chi connectivity index (χ3n) is 4.41. The number of benzene rings is 1. The zero-order valence-electron chi connectivity index (χ0n) is 13.3. The van der Waals surface area contributed by atoms with E-state index in [1.807, 2.05) is 24.3 Å². The minimum absolute atomic E-state index is 0.0612. The molecule has 0 unspecified atom stereocenters. The number of nitrogens with one attached hydrogen (secondary N) is 1. The van der Waals surface area contributed by atoms with Crippen LogP contribution in [0.3, 0.4) is 0 Å². The molecule has 122 valence electrons. The Hall–Kier alpha value is -1.78. The fraction of sp³-hybridized carbons (Fsp3) is 0.389. The molecular weight excluding hydrogens is 310 g/mol. The number of aromatic nitrogens is 1. The van der Waals surface area contributed by atoms with E-state index in [-0.39, 0.29) is 5.91 Å². The summed E-state index contributed by atoms with van der Waals surface area (Å²) in [7, 11) is 2.06. The lowest BCUT2D eigenvalue weighted by atomic mass is 10.1. The van der Waals surface area contributed by atoms with Crippen molar-refractivity contribution in [1.82, 2.24) is 14.8 Å². The maximum atomic E-state index is 12.3. The van der Waals surface area contributed by atoms with Crippen molar-refractivity contribution < 1.29 is 4.79 Å². The van der Waals surface area contributed by atoms with E-state index in [2.05, 4.69) is 40.2 Å². The second-order valence-corrected chi connectivity index (χ2v) is 6.52. The van der Waals surface area contributed by atoms with Crippen molar-refractivity contribution >= 4 is 17.5 Å². The quantitative estimate of drug-likeness (QED) is 0.914. The summed E-state index contributed by atoms with van der Waals surface area (Å²) >= 11 is 5.97. The number of nitrogens with zero attached hydrogens (tertiary/aromatic N) is 2. The average molecular weight is 332 g/mol. The predicted molar refractivity (Wildman–Crippen MR) is 92.3 cm³/mol. The number of carbonyl (C=O) groups is 1. The number of halogens is 1. The minimum Gasteiger partial charge on any atom is -0.353 e. The zero-order valence-corrected chi connectivity index (χ0v) is 14.1. The van der Waals surface area contributed by atoms with E-state index in [1.165, 1.54) is 5.69 Å². The molecule has 1 atom stereocenters. The number of likely N-dealkylation sites (tertiary alicyclic amines) is 1. The molecular formula is C18H22ClN3O. The second kappa shape index (κ2) is 7.20. The van der Waals surface area contributed by atoms with Crippen LogP contribution < -0.4 is 5.32 Å². The van der Waals surface area contributed by atoms with Gasteiger partial charge in [-0.25, -0.2) is 0 Å². The lowest BCUT2D eigenvalue weighted by Crippen LogP contribution is -2.37. The predicted octanol–water partition coefficient (Wildman–Crippen LogP) is 3.13. The summed E-state index contributed by atoms with van der Waals surface area (Å²) in [5.41, 5.74) is 2.30. The molecule has 1 aromatic heterocycles. The Bertz CT molecular complexity index is 682. The Kier molecular flexibility index (Phi) is 5.03. The topological polar surface area (TPSA) is 37.3 Å². The number of amides is 1. The van der Waals surface area contributed by atoms with Gasteiger partial charge in [0.2, 0.25) is 5.91 Å². The Morgan fingerprint density at radius 2 is 2.22 bits per heavy atom. The zero-order chi connectivity index (χ0) is 16.2. The van der Waals surface area contributed by atoms with Crippen LogP contribution in [0.2, 0.25) is 5.02 Å². The monoisotopic (exact) mass is 331 g/mol. The Morgan fingerprint density at radius 3 is 2.96 bits per heavy atom. The van der Waals surface area contributed by atoms with Crippen molar-refractivity contribution in [3.8, 4) is 0 Å². The largest absolute Gasteiger partial charge is 0.353 e. The highest BCUT2D eigenvalue weighted by atomic mass is 35.5. The molecule has 2 heterocycles. The van der Waals surface area contributed by atoms with Gasteiger partial charge in [0.05, 0.1) is 12.6 Å². The molecule has 1 aliphatic rings. The smallest absolute Gasteiger partial charge is 0.234 e. The fourth-order valence-corrected chi connectivity index (χ4v) is 3.47. The van der Waals surface area contributed by atoms with Crippen LogP contribution in [0.15, 0.2) is 42.6 Å². The molecule has 1 aromatic carbocycles. The van der Waals surface area contributed by atoms with E-state index in [1.54, 1.807) is 0 Å². The van der Waals surface area contributed by atoms with Gasteiger partial charge in [0.15, 0.2) is 0 Å². The minimum atomic E-state index is 0.0612. The van der Waals surface area contributed by atoms with E-state index in [9.17, 15) is 4.79 Å². The first-order valence-electron chi connectivity index (χ1n) is 8.00. The van der Waals surface area contributed by atoms with E-state index in [0.717, 1.165) is 24.9 Å². The van der Waals surface area contributed by atoms with Gasteiger partial charge in [-0.15, -0.1) is 0 Å². The molecule has 0 saturated carbocycles. The lowest BCUT2D eigenvalue weighted by Gasteiger charge is -2.24. The number of rotatable bonds is 5. The van der Waals surface area contributed by atoms with Crippen LogP contribution >= 0.6 is 11.6 Å². The Balaban J connectivity index is 1.56. The first-order chi connectivity index (χ1) is 11.1. The van der Waals surface area contributed by atoms with Gasteiger partial charge in [-0.1, -0.05) is 23.7 Å². The van der Waals surface area contributed by atoms with Crippen LogP contribution in [-0.2, 0) is 18.4 Å². The molecule has 1 saturated heterocycles. The number of hydrogen-bond acceptors (Lipinski definition) is 2. The van der Waals surface area contributed by atoms with Crippen molar-refractivity contribution in [3.05, 3.63) is 58.9 Å². The van der Waals surface area contributed by atoms with Gasteiger partial charge in [-0.05, 0) is 49.2 Å². The molecule has 1 aliphatic heterocycles. The SMILES string of the molecule is Cn1cccc1[C@@H]1CCCN1CC(=O)NCc1cccc(Cl)c1. The van der Waals surface area contributed by atoms with Crippen molar-refractivity contribution in [2.45, 2.75) is 25.4 Å². The van der Waals surface area contributed by atoms with Crippen molar-refractivity contribution in [2.24, 2.45) is 7.05 Å². The summed E-state index contributed by atoms with van der Waals surface area (Å²) in [5.74, 6) is 0.0612. The highest BCUT2D eigenvalue weighted by Gasteiger charge is 2.28. The van der Waals surface area contributed by atoms with Gasteiger partial charge >= 0.3 is 0 Å². The maximum Gasteiger partial charge on any atom is 0.234 e. The van der Waals surface area contributed by atoms with Crippen LogP contribution in [0.1, 0.15) is 30.1 Å². The van der Waals surface area contributed by atoms with Gasteiger partial charge in [0, 0.05) is 30.5 Å². The molecule has 23 heavy (non-hydrogen) atoms. The molecule has 1 fully saturated rings. The van der Waals surface area contributed by atoms with Gasteiger partial charge in [-0.3, -0.25) is 9.69 Å². The van der Waals surface area contributed by atoms with Crippen LogP contribution in [0.4, 0.5) is 0 Å². The van der Waals surface area contributed by atoms with Crippen LogP contribution in [-0.4, -0.2) is 28.5 Å². The molecule has 5 heteroatoms. The van der Waals surface area contributed by atoms with Gasteiger partial charge in [0.25, 0.3) is 0 Å². The number of carbonyl (C=O) groups excluding carboxylic acids is 1. The Labute approximate surface area is 142 Å². The lowest BCUT2D eigenvalue weighted by molar-refractivity contribution is -0.122. The summed E-state index contributed by atoms with van der Waals surface area (Å²) < 4.78 is 2.15. The number of aryl methyl sites for hydroxylation is 1. The van der Waals surface area contributed by atoms with E-state index in [0.29, 0.717) is 24.2 Å². The normalized spacial score (nSPS) is 18.3. The molecule has 0 radical (unpaired) electrons. The summed E-state index contributed by atoms with van der Waals surface area (Å²) in [6, 6.07) is 12.1. The molecule has 3 rings (SSSR count). The van der Waals surface area contributed by atoms with E-state index in [4.69, 9.17) is 11.6 Å². The third-order valence-corrected chi connectivity index (χ3v) is 4.65. The number of hydrogen-bond donors (Lipinski definition) is 1. The standard InChI is InChI=1S/C18H22ClN3O/c1-21-9-3-7-16(21)17-8-4-10-22(17)13-18(23)20-12-14-5-2-6-15(19)11-14/h2-3,5-7,9,11,17H,4,8,10,12-13H2,1H3,(H,20,23)/t17-/m0/s1.